The molecule has 1 aromatic carbocycles. The third kappa shape index (κ3) is 5.79. The van der Waals surface area contributed by atoms with Crippen molar-refractivity contribution in [3.8, 4) is 0 Å². The number of aryl methyl sites for hydroxylation is 1. The maximum absolute atomic E-state index is 11.2. The van der Waals surface area contributed by atoms with Crippen molar-refractivity contribution in [3.05, 3.63) is 29.8 Å². The molecule has 0 fully saturated rings. The summed E-state index contributed by atoms with van der Waals surface area (Å²) in [5, 5.41) is -0.732. The van der Waals surface area contributed by atoms with Gasteiger partial charge >= 0.3 is 15.2 Å². The van der Waals surface area contributed by atoms with Gasteiger partial charge in [0.25, 0.3) is 0 Å². The molecule has 0 spiro atoms. The van der Waals surface area contributed by atoms with E-state index in [2.05, 4.69) is 19.6 Å². The minimum absolute atomic E-state index is 0.221. The van der Waals surface area contributed by atoms with Gasteiger partial charge in [-0.2, -0.15) is 0 Å². The zero-order chi connectivity index (χ0) is 16.5. The van der Waals surface area contributed by atoms with E-state index in [1.54, 1.807) is 6.07 Å². The molecule has 0 saturated heterocycles. The van der Waals surface area contributed by atoms with Gasteiger partial charge in [0.2, 0.25) is 0 Å². The smallest absolute Gasteiger partial charge is 0.324 e. The molecule has 6 nitrogen and oxygen atoms in total. The second-order valence-corrected chi connectivity index (χ2v) is 15.2. The summed E-state index contributed by atoms with van der Waals surface area (Å²) >= 11 is 0. The molecule has 0 aliphatic carbocycles. The molecule has 0 atom stereocenters. The first-order valence-electron chi connectivity index (χ1n) is 6.51. The van der Waals surface area contributed by atoms with Crippen LogP contribution in [0, 0.1) is 0 Å². The summed E-state index contributed by atoms with van der Waals surface area (Å²) in [7, 11) is -11.2. The van der Waals surface area contributed by atoms with E-state index >= 15 is 0 Å². The molecule has 1 rings (SSSR count). The van der Waals surface area contributed by atoms with E-state index < -0.39 is 28.7 Å². The highest BCUT2D eigenvalue weighted by Gasteiger charge is 2.42. The lowest BCUT2D eigenvalue weighted by Gasteiger charge is -2.20. The average molecular weight is 352 g/mol. The van der Waals surface area contributed by atoms with E-state index in [1.807, 2.05) is 18.2 Å². The molecule has 0 radical (unpaired) electrons. The van der Waals surface area contributed by atoms with Gasteiger partial charge in [0, 0.05) is 0 Å². The Morgan fingerprint density at radius 1 is 1.05 bits per heavy atom. The molecule has 0 aliphatic heterocycles. The summed E-state index contributed by atoms with van der Waals surface area (Å²) < 4.78 is 22.5. The molecule has 1 aromatic rings. The standard InChI is InChI=1S/C12H22O6P2Si/c1-21(2,3)11-6-4-5-10(9-11)7-8-12(19(13,14)15)20(16,17)18/h4-6,9,12H,7-8H2,1-3H3,(H2,13,14,15)(H2,16,17,18). The van der Waals surface area contributed by atoms with Gasteiger partial charge in [-0.15, -0.1) is 0 Å². The summed E-state index contributed by atoms with van der Waals surface area (Å²) in [6.07, 6.45) is -0.0249. The van der Waals surface area contributed by atoms with Gasteiger partial charge in [0.05, 0.1) is 8.07 Å². The molecule has 0 aliphatic rings. The van der Waals surface area contributed by atoms with Crippen LogP contribution in [0.1, 0.15) is 12.0 Å². The minimum atomic E-state index is -4.83. The summed E-state index contributed by atoms with van der Waals surface area (Å²) in [5.74, 6) is 0. The number of rotatable bonds is 6. The molecule has 9 heteroatoms. The summed E-state index contributed by atoms with van der Waals surface area (Å²) in [6, 6.07) is 7.65. The fraction of sp³-hybridized carbons (Fsp3) is 0.500. The van der Waals surface area contributed by atoms with Crippen molar-refractivity contribution in [2.24, 2.45) is 0 Å². The van der Waals surface area contributed by atoms with Gasteiger partial charge in [-0.25, -0.2) is 0 Å². The van der Waals surface area contributed by atoms with Crippen LogP contribution in [0.25, 0.3) is 0 Å². The van der Waals surface area contributed by atoms with E-state index in [0.717, 1.165) is 5.56 Å². The fourth-order valence-electron chi connectivity index (χ4n) is 2.02. The Kier molecular flexibility index (Phi) is 5.78. The first-order chi connectivity index (χ1) is 9.32. The maximum atomic E-state index is 11.2. The topological polar surface area (TPSA) is 115 Å². The highest BCUT2D eigenvalue weighted by atomic mass is 31.2. The number of hydrogen-bond donors (Lipinski definition) is 4. The monoisotopic (exact) mass is 352 g/mol. The van der Waals surface area contributed by atoms with Crippen molar-refractivity contribution in [2.45, 2.75) is 37.9 Å². The van der Waals surface area contributed by atoms with Crippen LogP contribution in [0.3, 0.4) is 0 Å². The van der Waals surface area contributed by atoms with Crippen LogP contribution >= 0.6 is 15.2 Å². The Bertz CT molecular complexity index is 564. The molecule has 21 heavy (non-hydrogen) atoms. The highest BCUT2D eigenvalue weighted by molar-refractivity contribution is 7.70. The zero-order valence-electron chi connectivity index (χ0n) is 12.3. The lowest BCUT2D eigenvalue weighted by Crippen LogP contribution is -2.37. The highest BCUT2D eigenvalue weighted by Crippen LogP contribution is 2.61. The van der Waals surface area contributed by atoms with Gasteiger partial charge in [-0.3, -0.25) is 9.13 Å². The largest absolute Gasteiger partial charge is 0.340 e. The molecule has 0 heterocycles. The fourth-order valence-corrected chi connectivity index (χ4v) is 5.73. The molecule has 0 bridgehead atoms. The second kappa shape index (κ2) is 6.47. The van der Waals surface area contributed by atoms with Crippen LogP contribution in [-0.2, 0) is 15.6 Å². The van der Waals surface area contributed by atoms with Crippen molar-refractivity contribution >= 4 is 28.5 Å². The van der Waals surface area contributed by atoms with Crippen LogP contribution in [-0.4, -0.2) is 33.0 Å². The third-order valence-electron chi connectivity index (χ3n) is 3.26. The van der Waals surface area contributed by atoms with Crippen LogP contribution in [0.4, 0.5) is 0 Å². The van der Waals surface area contributed by atoms with Crippen molar-refractivity contribution < 1.29 is 28.7 Å². The van der Waals surface area contributed by atoms with Gasteiger partial charge in [-0.05, 0) is 18.4 Å². The van der Waals surface area contributed by atoms with Gasteiger partial charge in [0.15, 0.2) is 5.40 Å². The zero-order valence-corrected chi connectivity index (χ0v) is 15.1. The molecule has 120 valence electrons. The van der Waals surface area contributed by atoms with E-state index in [4.69, 9.17) is 19.6 Å². The van der Waals surface area contributed by atoms with Crippen molar-refractivity contribution in [1.29, 1.82) is 0 Å². The molecule has 0 amide bonds. The lowest BCUT2D eigenvalue weighted by molar-refractivity contribution is 0.335. The van der Waals surface area contributed by atoms with Crippen molar-refractivity contribution in [3.63, 3.8) is 0 Å². The normalized spacial score (nSPS) is 13.7. The first kappa shape index (κ1) is 18.8. The maximum Gasteiger partial charge on any atom is 0.340 e. The lowest BCUT2D eigenvalue weighted by atomic mass is 10.1. The van der Waals surface area contributed by atoms with Crippen LogP contribution in [0.15, 0.2) is 24.3 Å². The van der Waals surface area contributed by atoms with E-state index in [1.165, 1.54) is 5.19 Å². The molecular formula is C12H22O6P2Si. The van der Waals surface area contributed by atoms with Gasteiger partial charge in [0.1, 0.15) is 0 Å². The molecular weight excluding hydrogens is 330 g/mol. The molecule has 0 saturated carbocycles. The Balaban J connectivity index is 2.92. The minimum Gasteiger partial charge on any atom is -0.324 e. The summed E-state index contributed by atoms with van der Waals surface area (Å²) in [5.41, 5.74) is 0.835. The Labute approximate surface area is 125 Å². The predicted molar refractivity (Wildman–Crippen MR) is 85.6 cm³/mol. The van der Waals surface area contributed by atoms with Crippen LogP contribution < -0.4 is 5.19 Å². The summed E-state index contributed by atoms with van der Waals surface area (Å²) in [4.78, 5) is 36.4. The van der Waals surface area contributed by atoms with Gasteiger partial charge in [-0.1, -0.05) is 49.1 Å². The average Bonchev–Trinajstić information content (AvgIpc) is 2.24. The van der Waals surface area contributed by atoms with Crippen LogP contribution in [0.5, 0.6) is 0 Å². The molecule has 0 unspecified atom stereocenters. The van der Waals surface area contributed by atoms with Crippen molar-refractivity contribution in [2.75, 3.05) is 0 Å². The summed E-state index contributed by atoms with van der Waals surface area (Å²) in [6.45, 7) is 6.54. The molecule has 0 aromatic heterocycles. The first-order valence-corrected chi connectivity index (χ1v) is 13.4. The van der Waals surface area contributed by atoms with Crippen LogP contribution in [0.2, 0.25) is 19.6 Å². The number of benzene rings is 1. The third-order valence-corrected chi connectivity index (χ3v) is 9.18. The van der Waals surface area contributed by atoms with E-state index in [-0.39, 0.29) is 12.8 Å². The number of hydrogen-bond acceptors (Lipinski definition) is 2. The van der Waals surface area contributed by atoms with Gasteiger partial charge < -0.3 is 19.6 Å². The van der Waals surface area contributed by atoms with E-state index in [9.17, 15) is 9.13 Å². The second-order valence-electron chi connectivity index (χ2n) is 6.15. The quantitative estimate of drug-likeness (QED) is 0.459. The Morgan fingerprint density at radius 2 is 1.57 bits per heavy atom. The van der Waals surface area contributed by atoms with E-state index in [0.29, 0.717) is 0 Å². The SMILES string of the molecule is C[Si](C)(C)c1cccc(CCC(P(=O)(O)O)P(=O)(O)O)c1. The molecule has 4 N–H and O–H groups in total. The Hall–Kier alpha value is -0.263. The Morgan fingerprint density at radius 3 is 2.00 bits per heavy atom. The van der Waals surface area contributed by atoms with Crippen molar-refractivity contribution in [1.82, 2.24) is 0 Å². The predicted octanol–water partition coefficient (Wildman–Crippen LogP) is 1.85.